The maximum Gasteiger partial charge on any atom is 0.227 e. The Morgan fingerprint density at radius 1 is 1.03 bits per heavy atom. The van der Waals surface area contributed by atoms with E-state index < -0.39 is 9.84 Å². The fraction of sp³-hybridized carbons (Fsp3) is 0.190. The molecule has 148 valence electrons. The number of benzene rings is 1. The third kappa shape index (κ3) is 3.84. The molecular formula is C21H21N5O2S. The standard InChI is InChI=1S/C21H21N5O2S/c1-14(2)26-13-18(17-8-10-22-12-20(17)26)19-9-11-23-21(25-19)24-15-4-6-16(7-5-15)29(3,27)28/h4-14H,1-3H3,(H,23,24,25). The minimum absolute atomic E-state index is 0.271. The molecule has 1 aromatic carbocycles. The smallest absolute Gasteiger partial charge is 0.227 e. The van der Waals surface area contributed by atoms with E-state index in [2.05, 4.69) is 44.9 Å². The Kier molecular flexibility index (Phi) is 4.79. The lowest BCUT2D eigenvalue weighted by Crippen LogP contribution is -2.00. The first-order valence-electron chi connectivity index (χ1n) is 9.18. The second-order valence-electron chi connectivity index (χ2n) is 7.12. The van der Waals surface area contributed by atoms with Crippen LogP contribution >= 0.6 is 0 Å². The zero-order chi connectivity index (χ0) is 20.6. The average Bonchev–Trinajstić information content (AvgIpc) is 3.08. The molecule has 0 aliphatic heterocycles. The highest BCUT2D eigenvalue weighted by atomic mass is 32.2. The number of sulfone groups is 1. The first-order chi connectivity index (χ1) is 13.8. The molecule has 0 aliphatic rings. The highest BCUT2D eigenvalue weighted by molar-refractivity contribution is 7.90. The molecule has 0 spiro atoms. The molecule has 0 fully saturated rings. The topological polar surface area (TPSA) is 89.8 Å². The molecule has 0 amide bonds. The monoisotopic (exact) mass is 407 g/mol. The van der Waals surface area contributed by atoms with Crippen molar-refractivity contribution >= 4 is 32.4 Å². The summed E-state index contributed by atoms with van der Waals surface area (Å²) in [5.74, 6) is 0.439. The van der Waals surface area contributed by atoms with Gasteiger partial charge in [-0.15, -0.1) is 0 Å². The van der Waals surface area contributed by atoms with Gasteiger partial charge in [-0.25, -0.2) is 18.4 Å². The molecule has 3 heterocycles. The third-order valence-corrected chi connectivity index (χ3v) is 5.79. The Morgan fingerprint density at radius 3 is 2.48 bits per heavy atom. The van der Waals surface area contributed by atoms with E-state index in [1.54, 1.807) is 36.7 Å². The molecule has 3 aromatic heterocycles. The Hall–Kier alpha value is -3.26. The van der Waals surface area contributed by atoms with Crippen LogP contribution in [-0.4, -0.2) is 34.2 Å². The number of pyridine rings is 1. The highest BCUT2D eigenvalue weighted by Crippen LogP contribution is 2.31. The lowest BCUT2D eigenvalue weighted by molar-refractivity contribution is 0.602. The van der Waals surface area contributed by atoms with Gasteiger partial charge in [0.05, 0.1) is 22.3 Å². The Labute approximate surface area is 169 Å². The zero-order valence-corrected chi connectivity index (χ0v) is 17.2. The summed E-state index contributed by atoms with van der Waals surface area (Å²) in [6, 6.07) is 10.7. The summed E-state index contributed by atoms with van der Waals surface area (Å²) in [4.78, 5) is 13.5. The maximum absolute atomic E-state index is 11.6. The molecule has 8 heteroatoms. The van der Waals surface area contributed by atoms with Gasteiger partial charge in [-0.1, -0.05) is 0 Å². The van der Waals surface area contributed by atoms with Crippen molar-refractivity contribution in [1.82, 2.24) is 19.5 Å². The summed E-state index contributed by atoms with van der Waals surface area (Å²) >= 11 is 0. The van der Waals surface area contributed by atoms with Crippen LogP contribution in [0.3, 0.4) is 0 Å². The van der Waals surface area contributed by atoms with Crippen LogP contribution in [0.5, 0.6) is 0 Å². The van der Waals surface area contributed by atoms with Crippen LogP contribution in [0.1, 0.15) is 19.9 Å². The minimum Gasteiger partial charge on any atom is -0.343 e. The number of rotatable bonds is 5. The van der Waals surface area contributed by atoms with E-state index >= 15 is 0 Å². The van der Waals surface area contributed by atoms with E-state index in [0.717, 1.165) is 22.2 Å². The number of aromatic nitrogens is 4. The minimum atomic E-state index is -3.23. The van der Waals surface area contributed by atoms with Gasteiger partial charge in [-0.2, -0.15) is 0 Å². The van der Waals surface area contributed by atoms with Crippen LogP contribution < -0.4 is 5.32 Å². The molecule has 0 atom stereocenters. The van der Waals surface area contributed by atoms with Crippen molar-refractivity contribution in [2.75, 3.05) is 11.6 Å². The van der Waals surface area contributed by atoms with Crippen molar-refractivity contribution in [3.63, 3.8) is 0 Å². The van der Waals surface area contributed by atoms with Crippen molar-refractivity contribution in [3.05, 3.63) is 61.2 Å². The van der Waals surface area contributed by atoms with Gasteiger partial charge < -0.3 is 9.88 Å². The lowest BCUT2D eigenvalue weighted by atomic mass is 10.1. The van der Waals surface area contributed by atoms with Crippen molar-refractivity contribution in [2.45, 2.75) is 24.8 Å². The van der Waals surface area contributed by atoms with Gasteiger partial charge in [0.15, 0.2) is 9.84 Å². The van der Waals surface area contributed by atoms with Crippen LogP contribution in [0.15, 0.2) is 66.1 Å². The van der Waals surface area contributed by atoms with Crippen LogP contribution in [0, 0.1) is 0 Å². The van der Waals surface area contributed by atoms with Crippen LogP contribution in [0.25, 0.3) is 22.2 Å². The largest absolute Gasteiger partial charge is 0.343 e. The van der Waals surface area contributed by atoms with Gasteiger partial charge in [0.25, 0.3) is 0 Å². The van der Waals surface area contributed by atoms with E-state index in [1.165, 1.54) is 6.26 Å². The van der Waals surface area contributed by atoms with Gasteiger partial charge >= 0.3 is 0 Å². The quantitative estimate of drug-likeness (QED) is 0.533. The summed E-state index contributed by atoms with van der Waals surface area (Å²) in [6.45, 7) is 4.26. The van der Waals surface area contributed by atoms with Crippen molar-refractivity contribution in [1.29, 1.82) is 0 Å². The third-order valence-electron chi connectivity index (χ3n) is 4.66. The molecule has 4 rings (SSSR count). The van der Waals surface area contributed by atoms with Gasteiger partial charge in [0, 0.05) is 47.5 Å². The summed E-state index contributed by atoms with van der Waals surface area (Å²) in [5.41, 5.74) is 3.57. The summed E-state index contributed by atoms with van der Waals surface area (Å²) in [5, 5.41) is 4.21. The number of nitrogens with one attached hydrogen (secondary N) is 1. The first-order valence-corrected chi connectivity index (χ1v) is 11.1. The number of hydrogen-bond donors (Lipinski definition) is 1. The number of hydrogen-bond acceptors (Lipinski definition) is 6. The summed E-state index contributed by atoms with van der Waals surface area (Å²) in [7, 11) is -3.23. The molecule has 1 N–H and O–H groups in total. The van der Waals surface area contributed by atoms with Crippen LogP contribution in [-0.2, 0) is 9.84 Å². The van der Waals surface area contributed by atoms with Crippen molar-refractivity contribution in [3.8, 4) is 11.3 Å². The SMILES string of the molecule is CC(C)n1cc(-c2ccnc(Nc3ccc(S(C)(=O)=O)cc3)n2)c2ccncc21. The maximum atomic E-state index is 11.6. The molecule has 0 aliphatic carbocycles. The molecule has 29 heavy (non-hydrogen) atoms. The molecule has 0 radical (unpaired) electrons. The second kappa shape index (κ2) is 7.29. The molecule has 4 aromatic rings. The first kappa shape index (κ1) is 19.1. The molecule has 0 bridgehead atoms. The highest BCUT2D eigenvalue weighted by Gasteiger charge is 2.14. The van der Waals surface area contributed by atoms with Gasteiger partial charge in [-0.05, 0) is 50.2 Å². The summed E-state index contributed by atoms with van der Waals surface area (Å²) < 4.78 is 25.4. The van der Waals surface area contributed by atoms with E-state index in [4.69, 9.17) is 0 Å². The molecule has 0 saturated heterocycles. The molecular weight excluding hydrogens is 386 g/mol. The van der Waals surface area contributed by atoms with E-state index in [9.17, 15) is 8.42 Å². The lowest BCUT2D eigenvalue weighted by Gasteiger charge is -2.08. The average molecular weight is 407 g/mol. The van der Waals surface area contributed by atoms with Gasteiger partial charge in [0.1, 0.15) is 0 Å². The van der Waals surface area contributed by atoms with E-state index in [0.29, 0.717) is 17.7 Å². The normalized spacial score (nSPS) is 11.9. The molecule has 0 unspecified atom stereocenters. The van der Waals surface area contributed by atoms with Crippen LogP contribution in [0.4, 0.5) is 11.6 Å². The Morgan fingerprint density at radius 2 is 1.79 bits per heavy atom. The van der Waals surface area contributed by atoms with Crippen molar-refractivity contribution < 1.29 is 8.42 Å². The fourth-order valence-electron chi connectivity index (χ4n) is 3.21. The number of anilines is 2. The summed E-state index contributed by atoms with van der Waals surface area (Å²) in [6.07, 6.45) is 8.62. The molecule has 7 nitrogen and oxygen atoms in total. The number of fused-ring (bicyclic) bond motifs is 1. The predicted molar refractivity (Wildman–Crippen MR) is 114 cm³/mol. The Balaban J connectivity index is 1.69. The van der Waals surface area contributed by atoms with Gasteiger partial charge in [0.2, 0.25) is 5.95 Å². The van der Waals surface area contributed by atoms with E-state index in [1.807, 2.05) is 18.3 Å². The molecule has 0 saturated carbocycles. The van der Waals surface area contributed by atoms with Crippen LogP contribution in [0.2, 0.25) is 0 Å². The Bertz CT molecular complexity index is 1280. The fourth-order valence-corrected chi connectivity index (χ4v) is 3.84. The zero-order valence-electron chi connectivity index (χ0n) is 16.4. The predicted octanol–water partition coefficient (Wildman–Crippen LogP) is 4.22. The van der Waals surface area contributed by atoms with Gasteiger partial charge in [-0.3, -0.25) is 4.98 Å². The number of nitrogens with zero attached hydrogens (tertiary/aromatic N) is 4. The van der Waals surface area contributed by atoms with Crippen molar-refractivity contribution in [2.24, 2.45) is 0 Å². The second-order valence-corrected chi connectivity index (χ2v) is 9.14. The van der Waals surface area contributed by atoms with E-state index in [-0.39, 0.29) is 4.90 Å².